The van der Waals surface area contributed by atoms with Gasteiger partial charge in [-0.15, -0.1) is 0 Å². The highest BCUT2D eigenvalue weighted by molar-refractivity contribution is 9.10. The SMILES string of the molecule is COc1cc(C(=O)OCc2c(Br)c(C)nn2C)ccc1N. The molecule has 2 rings (SSSR count). The Labute approximate surface area is 131 Å². The average molecular weight is 354 g/mol. The minimum absolute atomic E-state index is 0.128. The first-order valence-electron chi connectivity index (χ1n) is 6.22. The summed E-state index contributed by atoms with van der Waals surface area (Å²) in [4.78, 5) is 12.1. The number of methoxy groups -OCH3 is 1. The Bertz CT molecular complexity index is 682. The first-order valence-corrected chi connectivity index (χ1v) is 7.02. The van der Waals surface area contributed by atoms with Crippen molar-refractivity contribution in [1.82, 2.24) is 9.78 Å². The Balaban J connectivity index is 2.12. The van der Waals surface area contributed by atoms with Gasteiger partial charge in [0.25, 0.3) is 0 Å². The summed E-state index contributed by atoms with van der Waals surface area (Å²) in [5, 5.41) is 4.24. The van der Waals surface area contributed by atoms with Crippen molar-refractivity contribution in [1.29, 1.82) is 0 Å². The van der Waals surface area contributed by atoms with Crippen LogP contribution >= 0.6 is 15.9 Å². The molecule has 1 aromatic carbocycles. The van der Waals surface area contributed by atoms with Crippen LogP contribution in [0.15, 0.2) is 22.7 Å². The molecule has 0 bridgehead atoms. The fourth-order valence-corrected chi connectivity index (χ4v) is 2.34. The van der Waals surface area contributed by atoms with Gasteiger partial charge in [-0.3, -0.25) is 4.68 Å². The molecule has 1 heterocycles. The molecule has 2 aromatic rings. The van der Waals surface area contributed by atoms with Crippen molar-refractivity contribution in [3.8, 4) is 5.75 Å². The molecule has 0 radical (unpaired) electrons. The van der Waals surface area contributed by atoms with Gasteiger partial charge in [0.1, 0.15) is 12.4 Å². The van der Waals surface area contributed by atoms with Gasteiger partial charge >= 0.3 is 5.97 Å². The third-order valence-corrected chi connectivity index (χ3v) is 4.10. The molecule has 6 nitrogen and oxygen atoms in total. The Morgan fingerprint density at radius 2 is 2.19 bits per heavy atom. The number of rotatable bonds is 4. The Morgan fingerprint density at radius 1 is 1.48 bits per heavy atom. The molecule has 7 heteroatoms. The van der Waals surface area contributed by atoms with Crippen LogP contribution in [-0.4, -0.2) is 22.9 Å². The maximum atomic E-state index is 12.1. The van der Waals surface area contributed by atoms with E-state index in [2.05, 4.69) is 21.0 Å². The molecule has 21 heavy (non-hydrogen) atoms. The molecule has 0 aliphatic heterocycles. The van der Waals surface area contributed by atoms with E-state index in [1.807, 2.05) is 6.92 Å². The number of anilines is 1. The summed E-state index contributed by atoms with van der Waals surface area (Å²) in [6.07, 6.45) is 0. The van der Waals surface area contributed by atoms with E-state index in [1.165, 1.54) is 7.11 Å². The van der Waals surface area contributed by atoms with Crippen LogP contribution in [-0.2, 0) is 18.4 Å². The van der Waals surface area contributed by atoms with Crippen molar-refractivity contribution in [2.45, 2.75) is 13.5 Å². The summed E-state index contributed by atoms with van der Waals surface area (Å²) >= 11 is 3.43. The number of benzene rings is 1. The molecule has 0 spiro atoms. The van der Waals surface area contributed by atoms with Crippen molar-refractivity contribution in [3.63, 3.8) is 0 Å². The van der Waals surface area contributed by atoms with Crippen molar-refractivity contribution in [2.75, 3.05) is 12.8 Å². The quantitative estimate of drug-likeness (QED) is 0.674. The minimum atomic E-state index is -0.445. The number of aryl methyl sites for hydroxylation is 2. The number of nitrogens with two attached hydrogens (primary N) is 1. The summed E-state index contributed by atoms with van der Waals surface area (Å²) in [6.45, 7) is 2.00. The monoisotopic (exact) mass is 353 g/mol. The van der Waals surface area contributed by atoms with Crippen LogP contribution in [0.5, 0.6) is 5.75 Å². The van der Waals surface area contributed by atoms with Crippen LogP contribution in [0, 0.1) is 6.92 Å². The number of esters is 1. The number of ether oxygens (including phenoxy) is 2. The van der Waals surface area contributed by atoms with Gasteiger partial charge in [-0.25, -0.2) is 4.79 Å². The van der Waals surface area contributed by atoms with Crippen molar-refractivity contribution >= 4 is 27.6 Å². The molecule has 0 saturated carbocycles. The number of nitrogen functional groups attached to an aromatic ring is 1. The summed E-state index contributed by atoms with van der Waals surface area (Å²) in [6, 6.07) is 4.77. The van der Waals surface area contributed by atoms with Gasteiger partial charge in [-0.1, -0.05) is 0 Å². The number of halogens is 1. The Hall–Kier alpha value is -2.02. The van der Waals surface area contributed by atoms with E-state index in [9.17, 15) is 4.79 Å². The number of nitrogens with zero attached hydrogens (tertiary/aromatic N) is 2. The number of aromatic nitrogens is 2. The molecule has 0 aliphatic carbocycles. The van der Waals surface area contributed by atoms with E-state index in [0.717, 1.165) is 15.9 Å². The van der Waals surface area contributed by atoms with Crippen LogP contribution in [0.3, 0.4) is 0 Å². The van der Waals surface area contributed by atoms with Crippen molar-refractivity contribution in [3.05, 3.63) is 39.6 Å². The second kappa shape index (κ2) is 6.17. The molecular formula is C14H16BrN3O3. The molecule has 0 saturated heterocycles. The molecular weight excluding hydrogens is 338 g/mol. The van der Waals surface area contributed by atoms with Crippen molar-refractivity contribution < 1.29 is 14.3 Å². The van der Waals surface area contributed by atoms with E-state index >= 15 is 0 Å². The number of hydrogen-bond acceptors (Lipinski definition) is 5. The second-order valence-corrected chi connectivity index (χ2v) is 5.30. The van der Waals surface area contributed by atoms with Crippen LogP contribution < -0.4 is 10.5 Å². The van der Waals surface area contributed by atoms with Gasteiger partial charge in [0.05, 0.1) is 34.2 Å². The van der Waals surface area contributed by atoms with E-state index in [0.29, 0.717) is 17.0 Å². The maximum Gasteiger partial charge on any atom is 0.338 e. The largest absolute Gasteiger partial charge is 0.495 e. The first kappa shape index (κ1) is 15.4. The standard InChI is InChI=1S/C14H16BrN3O3/c1-8-13(15)11(18(2)17-8)7-21-14(19)9-4-5-10(16)12(6-9)20-3/h4-6H,7,16H2,1-3H3. The third kappa shape index (κ3) is 3.18. The predicted octanol–water partition coefficient (Wildman–Crippen LogP) is 2.44. The van der Waals surface area contributed by atoms with E-state index < -0.39 is 5.97 Å². The summed E-state index contributed by atoms with van der Waals surface area (Å²) in [5.41, 5.74) is 8.21. The molecule has 1 aromatic heterocycles. The zero-order chi connectivity index (χ0) is 15.6. The van der Waals surface area contributed by atoms with Crippen molar-refractivity contribution in [2.24, 2.45) is 7.05 Å². The molecule has 0 fully saturated rings. The lowest BCUT2D eigenvalue weighted by molar-refractivity contribution is 0.0462. The predicted molar refractivity (Wildman–Crippen MR) is 82.2 cm³/mol. The summed E-state index contributed by atoms with van der Waals surface area (Å²) < 4.78 is 12.9. The molecule has 2 N–H and O–H groups in total. The lowest BCUT2D eigenvalue weighted by Gasteiger charge is -2.08. The van der Waals surface area contributed by atoms with E-state index in [1.54, 1.807) is 29.9 Å². The van der Waals surface area contributed by atoms with Crippen LogP contribution in [0.25, 0.3) is 0 Å². The first-order chi connectivity index (χ1) is 9.93. The molecule has 0 atom stereocenters. The number of hydrogen-bond donors (Lipinski definition) is 1. The molecule has 0 unspecified atom stereocenters. The number of carbonyl (C=O) groups is 1. The van der Waals surface area contributed by atoms with Gasteiger partial charge < -0.3 is 15.2 Å². The molecule has 0 amide bonds. The van der Waals surface area contributed by atoms with Gasteiger partial charge in [-0.2, -0.15) is 5.10 Å². The highest BCUT2D eigenvalue weighted by Gasteiger charge is 2.15. The highest BCUT2D eigenvalue weighted by atomic mass is 79.9. The zero-order valence-electron chi connectivity index (χ0n) is 12.0. The lowest BCUT2D eigenvalue weighted by Crippen LogP contribution is -2.09. The molecule has 0 aliphatic rings. The fraction of sp³-hybridized carbons (Fsp3) is 0.286. The topological polar surface area (TPSA) is 79.4 Å². The van der Waals surface area contributed by atoms with Crippen LogP contribution in [0.4, 0.5) is 5.69 Å². The molecule has 112 valence electrons. The second-order valence-electron chi connectivity index (χ2n) is 4.50. The van der Waals surface area contributed by atoms with Crippen LogP contribution in [0.2, 0.25) is 0 Å². The van der Waals surface area contributed by atoms with Gasteiger partial charge in [0, 0.05) is 7.05 Å². The van der Waals surface area contributed by atoms with Gasteiger partial charge in [0.2, 0.25) is 0 Å². The Morgan fingerprint density at radius 3 is 2.76 bits per heavy atom. The number of carbonyl (C=O) groups excluding carboxylic acids is 1. The fourth-order valence-electron chi connectivity index (χ4n) is 1.89. The third-order valence-electron chi connectivity index (χ3n) is 3.07. The van der Waals surface area contributed by atoms with Crippen LogP contribution in [0.1, 0.15) is 21.7 Å². The van der Waals surface area contributed by atoms with Gasteiger partial charge in [0.15, 0.2) is 0 Å². The summed E-state index contributed by atoms with van der Waals surface area (Å²) in [5.74, 6) is 0.000983. The van der Waals surface area contributed by atoms with E-state index in [4.69, 9.17) is 15.2 Å². The van der Waals surface area contributed by atoms with E-state index in [-0.39, 0.29) is 6.61 Å². The minimum Gasteiger partial charge on any atom is -0.495 e. The highest BCUT2D eigenvalue weighted by Crippen LogP contribution is 2.24. The lowest BCUT2D eigenvalue weighted by atomic mass is 10.2. The van der Waals surface area contributed by atoms with Gasteiger partial charge in [-0.05, 0) is 41.1 Å². The summed E-state index contributed by atoms with van der Waals surface area (Å²) in [7, 11) is 3.30. The zero-order valence-corrected chi connectivity index (χ0v) is 13.6. The maximum absolute atomic E-state index is 12.1. The Kier molecular flexibility index (Phi) is 4.52. The smallest absolute Gasteiger partial charge is 0.338 e. The normalized spacial score (nSPS) is 10.5. The average Bonchev–Trinajstić information content (AvgIpc) is 2.70.